The minimum atomic E-state index is -0.385. The third-order valence-electron chi connectivity index (χ3n) is 2.12. The maximum absolute atomic E-state index is 13.0. The van der Waals surface area contributed by atoms with Crippen molar-refractivity contribution in [3.63, 3.8) is 0 Å². The second kappa shape index (κ2) is 4.56. The lowest BCUT2D eigenvalue weighted by atomic mass is 10.2. The van der Waals surface area contributed by atoms with Gasteiger partial charge in [-0.2, -0.15) is 0 Å². The van der Waals surface area contributed by atoms with Crippen molar-refractivity contribution in [2.45, 2.75) is 0 Å². The van der Waals surface area contributed by atoms with Gasteiger partial charge in [0, 0.05) is 5.69 Å². The van der Waals surface area contributed by atoms with Crippen LogP contribution in [0.1, 0.15) is 10.4 Å². The first-order valence-electron chi connectivity index (χ1n) is 4.79. The summed E-state index contributed by atoms with van der Waals surface area (Å²) in [6.45, 7) is 0. The molecular formula is C11H9FN4O. The summed E-state index contributed by atoms with van der Waals surface area (Å²) in [5, 5.41) is 2.80. The van der Waals surface area contributed by atoms with Crippen LogP contribution in [0.4, 0.5) is 21.7 Å². The standard InChI is InChI=1S/C11H9FN4O/c12-7-2-1-3-8(4-7)16-11-9(5-17)10(13)14-6-15-11/h1-6H,(H3,13,14,15,16). The Morgan fingerprint density at radius 3 is 2.88 bits per heavy atom. The molecule has 0 amide bonds. The summed E-state index contributed by atoms with van der Waals surface area (Å²) in [7, 11) is 0. The molecular weight excluding hydrogens is 223 g/mol. The van der Waals surface area contributed by atoms with Crippen molar-refractivity contribution in [2.75, 3.05) is 11.1 Å². The van der Waals surface area contributed by atoms with E-state index in [2.05, 4.69) is 15.3 Å². The normalized spacial score (nSPS) is 9.94. The zero-order valence-corrected chi connectivity index (χ0v) is 8.72. The molecule has 6 heteroatoms. The van der Waals surface area contributed by atoms with Gasteiger partial charge in [0.25, 0.3) is 0 Å². The van der Waals surface area contributed by atoms with E-state index in [-0.39, 0.29) is 23.0 Å². The summed E-state index contributed by atoms with van der Waals surface area (Å²) in [4.78, 5) is 18.4. The Balaban J connectivity index is 2.36. The summed E-state index contributed by atoms with van der Waals surface area (Å²) in [5.41, 5.74) is 6.15. The SMILES string of the molecule is Nc1ncnc(Nc2cccc(F)c2)c1C=O. The molecule has 0 saturated heterocycles. The molecule has 2 rings (SSSR count). The third kappa shape index (κ3) is 2.36. The molecule has 0 aliphatic rings. The van der Waals surface area contributed by atoms with Crippen LogP contribution < -0.4 is 11.1 Å². The largest absolute Gasteiger partial charge is 0.383 e. The predicted molar refractivity (Wildman–Crippen MR) is 61.5 cm³/mol. The van der Waals surface area contributed by atoms with Gasteiger partial charge in [0.1, 0.15) is 23.8 Å². The number of aldehydes is 1. The van der Waals surface area contributed by atoms with Gasteiger partial charge in [-0.25, -0.2) is 14.4 Å². The zero-order chi connectivity index (χ0) is 12.3. The van der Waals surface area contributed by atoms with Gasteiger partial charge in [0.2, 0.25) is 0 Å². The number of carbonyl (C=O) groups excluding carboxylic acids is 1. The number of rotatable bonds is 3. The van der Waals surface area contributed by atoms with Gasteiger partial charge in [-0.3, -0.25) is 4.79 Å². The van der Waals surface area contributed by atoms with Gasteiger partial charge in [0.15, 0.2) is 6.29 Å². The van der Waals surface area contributed by atoms with E-state index in [4.69, 9.17) is 5.73 Å². The molecule has 86 valence electrons. The van der Waals surface area contributed by atoms with Crippen LogP contribution in [-0.4, -0.2) is 16.3 Å². The molecule has 0 spiro atoms. The van der Waals surface area contributed by atoms with Crippen LogP contribution in [0, 0.1) is 5.82 Å². The molecule has 0 fully saturated rings. The lowest BCUT2D eigenvalue weighted by Gasteiger charge is -2.08. The summed E-state index contributed by atoms with van der Waals surface area (Å²) in [6, 6.07) is 5.80. The smallest absolute Gasteiger partial charge is 0.157 e. The number of carbonyl (C=O) groups is 1. The number of hydrogen-bond donors (Lipinski definition) is 2. The van der Waals surface area contributed by atoms with E-state index < -0.39 is 0 Å². The van der Waals surface area contributed by atoms with Crippen LogP contribution in [0.15, 0.2) is 30.6 Å². The van der Waals surface area contributed by atoms with E-state index in [9.17, 15) is 9.18 Å². The van der Waals surface area contributed by atoms with Gasteiger partial charge >= 0.3 is 0 Å². The Bertz CT molecular complexity index is 559. The van der Waals surface area contributed by atoms with Gasteiger partial charge < -0.3 is 11.1 Å². The maximum atomic E-state index is 13.0. The first-order valence-corrected chi connectivity index (χ1v) is 4.79. The first kappa shape index (κ1) is 11.0. The van der Waals surface area contributed by atoms with Crippen LogP contribution in [0.25, 0.3) is 0 Å². The second-order valence-corrected chi connectivity index (χ2v) is 3.27. The number of aromatic nitrogens is 2. The van der Waals surface area contributed by atoms with Crippen LogP contribution in [0.5, 0.6) is 0 Å². The average molecular weight is 232 g/mol. The van der Waals surface area contributed by atoms with Crippen molar-refractivity contribution < 1.29 is 9.18 Å². The van der Waals surface area contributed by atoms with Crippen molar-refractivity contribution in [2.24, 2.45) is 0 Å². The minimum Gasteiger partial charge on any atom is -0.383 e. The predicted octanol–water partition coefficient (Wildman–Crippen LogP) is 1.75. The van der Waals surface area contributed by atoms with E-state index >= 15 is 0 Å². The van der Waals surface area contributed by atoms with E-state index in [1.165, 1.54) is 18.5 Å². The summed E-state index contributed by atoms with van der Waals surface area (Å²) in [5.74, 6) is -0.0586. The highest BCUT2D eigenvalue weighted by molar-refractivity contribution is 5.89. The molecule has 0 aliphatic carbocycles. The molecule has 0 saturated carbocycles. The average Bonchev–Trinajstić information content (AvgIpc) is 2.29. The lowest BCUT2D eigenvalue weighted by Crippen LogP contribution is -2.04. The van der Waals surface area contributed by atoms with E-state index in [0.717, 1.165) is 0 Å². The topological polar surface area (TPSA) is 80.9 Å². The molecule has 17 heavy (non-hydrogen) atoms. The van der Waals surface area contributed by atoms with Crippen molar-refractivity contribution in [1.82, 2.24) is 9.97 Å². The number of benzene rings is 1. The summed E-state index contributed by atoms with van der Waals surface area (Å²) in [6.07, 6.45) is 1.78. The quantitative estimate of drug-likeness (QED) is 0.788. The molecule has 1 aromatic carbocycles. The first-order chi connectivity index (χ1) is 8.20. The fourth-order valence-corrected chi connectivity index (χ4v) is 1.33. The number of anilines is 3. The van der Waals surface area contributed by atoms with Crippen molar-refractivity contribution in [1.29, 1.82) is 0 Å². The molecule has 5 nitrogen and oxygen atoms in total. The minimum absolute atomic E-state index is 0.0777. The molecule has 2 aromatic rings. The fourth-order valence-electron chi connectivity index (χ4n) is 1.33. The molecule has 0 aliphatic heterocycles. The maximum Gasteiger partial charge on any atom is 0.157 e. The Hall–Kier alpha value is -2.50. The highest BCUT2D eigenvalue weighted by Crippen LogP contribution is 2.20. The van der Waals surface area contributed by atoms with E-state index in [1.807, 2.05) is 0 Å². The van der Waals surface area contributed by atoms with Gasteiger partial charge in [-0.15, -0.1) is 0 Å². The van der Waals surface area contributed by atoms with E-state index in [0.29, 0.717) is 12.0 Å². The van der Waals surface area contributed by atoms with Crippen LogP contribution in [0.3, 0.4) is 0 Å². The Labute approximate surface area is 96.5 Å². The summed E-state index contributed by atoms with van der Waals surface area (Å²) >= 11 is 0. The Morgan fingerprint density at radius 1 is 1.35 bits per heavy atom. The summed E-state index contributed by atoms with van der Waals surface area (Å²) < 4.78 is 13.0. The van der Waals surface area contributed by atoms with Crippen LogP contribution in [-0.2, 0) is 0 Å². The highest BCUT2D eigenvalue weighted by Gasteiger charge is 2.08. The number of nitrogens with zero attached hydrogens (tertiary/aromatic N) is 2. The number of hydrogen-bond acceptors (Lipinski definition) is 5. The van der Waals surface area contributed by atoms with E-state index in [1.54, 1.807) is 12.1 Å². The van der Waals surface area contributed by atoms with Gasteiger partial charge in [0.05, 0.1) is 5.56 Å². The van der Waals surface area contributed by atoms with Gasteiger partial charge in [-0.05, 0) is 18.2 Å². The zero-order valence-electron chi connectivity index (χ0n) is 8.72. The number of halogens is 1. The highest BCUT2D eigenvalue weighted by atomic mass is 19.1. The fraction of sp³-hybridized carbons (Fsp3) is 0. The van der Waals surface area contributed by atoms with Crippen molar-refractivity contribution >= 4 is 23.6 Å². The van der Waals surface area contributed by atoms with Gasteiger partial charge in [-0.1, -0.05) is 6.07 Å². The van der Waals surface area contributed by atoms with Crippen LogP contribution >= 0.6 is 0 Å². The molecule has 0 atom stereocenters. The Morgan fingerprint density at radius 2 is 2.18 bits per heavy atom. The molecule has 0 radical (unpaired) electrons. The third-order valence-corrected chi connectivity index (χ3v) is 2.12. The molecule has 0 unspecified atom stereocenters. The number of nitrogen functional groups attached to an aromatic ring is 1. The molecule has 1 heterocycles. The van der Waals surface area contributed by atoms with Crippen LogP contribution in [0.2, 0.25) is 0 Å². The Kier molecular flexibility index (Phi) is 2.95. The van der Waals surface area contributed by atoms with Crippen molar-refractivity contribution in [3.05, 3.63) is 42.0 Å². The lowest BCUT2D eigenvalue weighted by molar-refractivity contribution is 0.112. The monoisotopic (exact) mass is 232 g/mol. The molecule has 1 aromatic heterocycles. The van der Waals surface area contributed by atoms with Crippen molar-refractivity contribution in [3.8, 4) is 0 Å². The molecule has 3 N–H and O–H groups in total. The second-order valence-electron chi connectivity index (χ2n) is 3.27. The number of nitrogens with one attached hydrogen (secondary N) is 1. The molecule has 0 bridgehead atoms. The number of nitrogens with two attached hydrogens (primary N) is 1.